The van der Waals surface area contributed by atoms with Crippen LogP contribution in [-0.4, -0.2) is 41.9 Å². The van der Waals surface area contributed by atoms with Gasteiger partial charge in [-0.25, -0.2) is 0 Å². The van der Waals surface area contributed by atoms with Gasteiger partial charge in [0.25, 0.3) is 5.69 Å². The molecule has 1 aliphatic heterocycles. The number of hydrogen-bond donors (Lipinski definition) is 1. The molecule has 1 aromatic carbocycles. The lowest BCUT2D eigenvalue weighted by Gasteiger charge is -2.32. The molecule has 1 N–H and O–H groups in total. The molecule has 0 aromatic heterocycles. The molecule has 6 nitrogen and oxygen atoms in total. The topological polar surface area (TPSA) is 75.5 Å². The number of nitrogens with zero attached hydrogens (tertiary/aromatic N) is 2. The van der Waals surface area contributed by atoms with E-state index in [1.807, 2.05) is 11.9 Å². The van der Waals surface area contributed by atoms with Crippen molar-refractivity contribution in [3.8, 4) is 0 Å². The SMILES string of the molecule is CNC1CCN(C(=O)Cc2ccc([N+](=O)[O-])cc2Cl)CC1. The van der Waals surface area contributed by atoms with Gasteiger partial charge in [0.1, 0.15) is 0 Å². The quantitative estimate of drug-likeness (QED) is 0.681. The number of nitro groups is 1. The molecule has 0 aliphatic carbocycles. The first-order valence-corrected chi connectivity index (χ1v) is 7.27. The highest BCUT2D eigenvalue weighted by Crippen LogP contribution is 2.23. The molecule has 0 spiro atoms. The zero-order valence-corrected chi connectivity index (χ0v) is 12.6. The molecule has 2 rings (SSSR count). The summed E-state index contributed by atoms with van der Waals surface area (Å²) in [6.45, 7) is 1.46. The zero-order valence-electron chi connectivity index (χ0n) is 11.8. The Hall–Kier alpha value is -1.66. The highest BCUT2D eigenvalue weighted by atomic mass is 35.5. The van der Waals surface area contributed by atoms with Crippen LogP contribution in [0, 0.1) is 10.1 Å². The summed E-state index contributed by atoms with van der Waals surface area (Å²) >= 11 is 6.02. The van der Waals surface area contributed by atoms with Crippen LogP contribution in [0.25, 0.3) is 0 Å². The second kappa shape index (κ2) is 6.87. The predicted molar refractivity (Wildman–Crippen MR) is 80.5 cm³/mol. The Labute approximate surface area is 128 Å². The van der Waals surface area contributed by atoms with Crippen LogP contribution >= 0.6 is 11.6 Å². The third-order valence-electron chi connectivity index (χ3n) is 3.85. The zero-order chi connectivity index (χ0) is 15.4. The molecule has 0 atom stereocenters. The molecule has 0 unspecified atom stereocenters. The van der Waals surface area contributed by atoms with Crippen LogP contribution in [0.5, 0.6) is 0 Å². The fraction of sp³-hybridized carbons (Fsp3) is 0.500. The lowest BCUT2D eigenvalue weighted by Crippen LogP contribution is -2.44. The molecule has 0 saturated carbocycles. The summed E-state index contributed by atoms with van der Waals surface area (Å²) in [6, 6.07) is 4.69. The average molecular weight is 312 g/mol. The lowest BCUT2D eigenvalue weighted by atomic mass is 10.0. The lowest BCUT2D eigenvalue weighted by molar-refractivity contribution is -0.384. The van der Waals surface area contributed by atoms with E-state index in [1.54, 1.807) is 6.07 Å². The first-order valence-electron chi connectivity index (χ1n) is 6.89. The van der Waals surface area contributed by atoms with E-state index in [9.17, 15) is 14.9 Å². The monoisotopic (exact) mass is 311 g/mol. The number of non-ortho nitro benzene ring substituents is 1. The summed E-state index contributed by atoms with van der Waals surface area (Å²) in [7, 11) is 1.93. The Morgan fingerprint density at radius 3 is 2.67 bits per heavy atom. The van der Waals surface area contributed by atoms with Crippen LogP contribution < -0.4 is 5.32 Å². The number of halogens is 1. The van der Waals surface area contributed by atoms with Gasteiger partial charge in [0.2, 0.25) is 5.91 Å². The first kappa shape index (κ1) is 15.7. The van der Waals surface area contributed by atoms with E-state index in [1.165, 1.54) is 12.1 Å². The Morgan fingerprint density at radius 1 is 1.48 bits per heavy atom. The van der Waals surface area contributed by atoms with Crippen molar-refractivity contribution in [1.29, 1.82) is 0 Å². The summed E-state index contributed by atoms with van der Waals surface area (Å²) in [5, 5.41) is 14.1. The van der Waals surface area contributed by atoms with Crippen molar-refractivity contribution in [2.45, 2.75) is 25.3 Å². The van der Waals surface area contributed by atoms with Crippen molar-refractivity contribution in [2.24, 2.45) is 0 Å². The fourth-order valence-corrected chi connectivity index (χ4v) is 2.73. The Balaban J connectivity index is 1.98. The van der Waals surface area contributed by atoms with E-state index in [4.69, 9.17) is 11.6 Å². The highest BCUT2D eigenvalue weighted by molar-refractivity contribution is 6.31. The summed E-state index contributed by atoms with van der Waals surface area (Å²) in [6.07, 6.45) is 2.06. The van der Waals surface area contributed by atoms with Crippen molar-refractivity contribution < 1.29 is 9.72 Å². The second-order valence-corrected chi connectivity index (χ2v) is 5.56. The van der Waals surface area contributed by atoms with E-state index in [0.29, 0.717) is 11.6 Å². The first-order chi connectivity index (χ1) is 10.0. The van der Waals surface area contributed by atoms with Gasteiger partial charge in [-0.1, -0.05) is 17.7 Å². The minimum atomic E-state index is -0.500. The maximum atomic E-state index is 12.2. The van der Waals surface area contributed by atoms with Gasteiger partial charge in [-0.3, -0.25) is 14.9 Å². The molecule has 1 heterocycles. The molecule has 1 amide bonds. The Morgan fingerprint density at radius 2 is 2.14 bits per heavy atom. The smallest absolute Gasteiger partial charge is 0.270 e. The molecule has 7 heteroatoms. The fourth-order valence-electron chi connectivity index (χ4n) is 2.49. The third kappa shape index (κ3) is 3.92. The van der Waals surface area contributed by atoms with E-state index < -0.39 is 4.92 Å². The number of piperidine rings is 1. The molecular formula is C14H18ClN3O3. The summed E-state index contributed by atoms with van der Waals surface area (Å²) in [5.74, 6) is 0.0142. The number of hydrogen-bond acceptors (Lipinski definition) is 4. The van der Waals surface area contributed by atoms with Crippen LogP contribution in [0.3, 0.4) is 0 Å². The minimum Gasteiger partial charge on any atom is -0.342 e. The van der Waals surface area contributed by atoms with Crippen LogP contribution in [0.2, 0.25) is 5.02 Å². The molecule has 21 heavy (non-hydrogen) atoms. The molecule has 1 fully saturated rings. The van der Waals surface area contributed by atoms with Crippen molar-refractivity contribution >= 4 is 23.2 Å². The number of amides is 1. The average Bonchev–Trinajstić information content (AvgIpc) is 2.49. The van der Waals surface area contributed by atoms with Crippen molar-refractivity contribution in [2.75, 3.05) is 20.1 Å². The molecule has 0 bridgehead atoms. The Bertz CT molecular complexity index is 542. The molecule has 114 valence electrons. The predicted octanol–water partition coefficient (Wildman–Crippen LogP) is 2.00. The van der Waals surface area contributed by atoms with Crippen molar-refractivity contribution in [3.05, 3.63) is 38.9 Å². The largest absolute Gasteiger partial charge is 0.342 e. The van der Waals surface area contributed by atoms with E-state index >= 15 is 0 Å². The Kier molecular flexibility index (Phi) is 5.14. The highest BCUT2D eigenvalue weighted by Gasteiger charge is 2.22. The third-order valence-corrected chi connectivity index (χ3v) is 4.20. The van der Waals surface area contributed by atoms with Gasteiger partial charge in [0.05, 0.1) is 16.4 Å². The molecule has 0 radical (unpaired) electrons. The molecule has 1 aromatic rings. The number of likely N-dealkylation sites (tertiary alicyclic amines) is 1. The number of nitrogens with one attached hydrogen (secondary N) is 1. The summed E-state index contributed by atoms with van der Waals surface area (Å²) in [4.78, 5) is 24.2. The normalized spacial score (nSPS) is 16.0. The van der Waals surface area contributed by atoms with Gasteiger partial charge >= 0.3 is 0 Å². The number of carbonyl (C=O) groups excluding carboxylic acids is 1. The summed E-state index contributed by atoms with van der Waals surface area (Å²) in [5.41, 5.74) is 0.564. The van der Waals surface area contributed by atoms with Crippen molar-refractivity contribution in [3.63, 3.8) is 0 Å². The van der Waals surface area contributed by atoms with Crippen molar-refractivity contribution in [1.82, 2.24) is 10.2 Å². The van der Waals surface area contributed by atoms with Crippen LogP contribution in [0.4, 0.5) is 5.69 Å². The number of rotatable bonds is 4. The van der Waals surface area contributed by atoms with Gasteiger partial charge in [-0.15, -0.1) is 0 Å². The van der Waals surface area contributed by atoms with E-state index in [-0.39, 0.29) is 23.0 Å². The maximum Gasteiger partial charge on any atom is 0.270 e. The van der Waals surface area contributed by atoms with Crippen LogP contribution in [-0.2, 0) is 11.2 Å². The second-order valence-electron chi connectivity index (χ2n) is 5.15. The van der Waals surface area contributed by atoms with Gasteiger partial charge in [0.15, 0.2) is 0 Å². The number of nitro benzene ring substituents is 1. The minimum absolute atomic E-state index is 0.0142. The van der Waals surface area contributed by atoms with Gasteiger partial charge in [-0.2, -0.15) is 0 Å². The molecular weight excluding hydrogens is 294 g/mol. The van der Waals surface area contributed by atoms with Gasteiger partial charge in [0, 0.05) is 31.3 Å². The number of carbonyl (C=O) groups is 1. The number of benzene rings is 1. The van der Waals surface area contributed by atoms with E-state index in [2.05, 4.69) is 5.32 Å². The molecule has 1 saturated heterocycles. The molecule has 1 aliphatic rings. The van der Waals surface area contributed by atoms with Gasteiger partial charge in [-0.05, 0) is 25.5 Å². The summed E-state index contributed by atoms with van der Waals surface area (Å²) < 4.78 is 0. The van der Waals surface area contributed by atoms with Gasteiger partial charge < -0.3 is 10.2 Å². The van der Waals surface area contributed by atoms with Crippen LogP contribution in [0.15, 0.2) is 18.2 Å². The maximum absolute atomic E-state index is 12.2. The van der Waals surface area contributed by atoms with E-state index in [0.717, 1.165) is 25.9 Å². The standard InChI is InChI=1S/C14H18ClN3O3/c1-16-11-4-6-17(7-5-11)14(19)8-10-2-3-12(18(20)21)9-13(10)15/h2-3,9,11,16H,4-8H2,1H3. The van der Waals surface area contributed by atoms with Crippen LogP contribution in [0.1, 0.15) is 18.4 Å².